The molecule has 0 spiro atoms. The number of hydrogen-bond donors (Lipinski definition) is 0. The Bertz CT molecular complexity index is 981. The van der Waals surface area contributed by atoms with Gasteiger partial charge in [0.15, 0.2) is 0 Å². The highest BCUT2D eigenvalue weighted by Crippen LogP contribution is 2.35. The van der Waals surface area contributed by atoms with Crippen LogP contribution in [0.1, 0.15) is 29.0 Å². The number of rotatable bonds is 4. The molecular formula is C17H18ClN5O2S2. The molecule has 0 aromatic carbocycles. The Balaban J connectivity index is 1.40. The van der Waals surface area contributed by atoms with E-state index in [2.05, 4.69) is 38.3 Å². The third-order valence-electron chi connectivity index (χ3n) is 4.93. The number of carbonyl (C=O) groups excluding carboxylic acids is 1. The minimum atomic E-state index is -0.200. The summed E-state index contributed by atoms with van der Waals surface area (Å²) < 4.78 is 9.58. The van der Waals surface area contributed by atoms with Crippen molar-refractivity contribution in [2.45, 2.75) is 33.3 Å². The number of piperidine rings is 1. The normalized spacial score (nSPS) is 15.4. The molecule has 10 heteroatoms. The number of thiophene rings is 1. The van der Waals surface area contributed by atoms with E-state index in [1.54, 1.807) is 17.7 Å². The van der Waals surface area contributed by atoms with Crippen molar-refractivity contribution in [3.63, 3.8) is 0 Å². The first kappa shape index (κ1) is 18.5. The lowest BCUT2D eigenvalue weighted by atomic mass is 9.97. The summed E-state index contributed by atoms with van der Waals surface area (Å²) in [6.45, 7) is 5.83. The Kier molecular flexibility index (Phi) is 5.25. The third kappa shape index (κ3) is 3.63. The second-order valence-corrected chi connectivity index (χ2v) is 9.08. The van der Waals surface area contributed by atoms with Crippen LogP contribution >= 0.6 is 34.5 Å². The first-order valence-corrected chi connectivity index (χ1v) is 10.6. The summed E-state index contributed by atoms with van der Waals surface area (Å²) in [5.41, 5.74) is 1.75. The zero-order valence-electron chi connectivity index (χ0n) is 14.9. The monoisotopic (exact) mass is 423 g/mol. The van der Waals surface area contributed by atoms with E-state index in [4.69, 9.17) is 16.3 Å². The highest BCUT2D eigenvalue weighted by Gasteiger charge is 2.28. The molecule has 3 aromatic heterocycles. The lowest BCUT2D eigenvalue weighted by Gasteiger charge is -2.32. The lowest BCUT2D eigenvalue weighted by molar-refractivity contribution is -0.150. The number of carbonyl (C=O) groups is 1. The zero-order valence-corrected chi connectivity index (χ0v) is 17.3. The van der Waals surface area contributed by atoms with Gasteiger partial charge in [-0.05, 0) is 32.3 Å². The number of esters is 1. The predicted molar refractivity (Wildman–Crippen MR) is 107 cm³/mol. The number of anilines is 1. The average Bonchev–Trinajstić information content (AvgIpc) is 3.22. The molecule has 7 nitrogen and oxygen atoms in total. The maximum atomic E-state index is 12.4. The molecule has 142 valence electrons. The molecule has 1 fully saturated rings. The molecule has 0 bridgehead atoms. The van der Waals surface area contributed by atoms with E-state index in [1.165, 1.54) is 10.4 Å². The summed E-state index contributed by atoms with van der Waals surface area (Å²) in [5, 5.41) is 4.99. The van der Waals surface area contributed by atoms with E-state index in [9.17, 15) is 4.79 Å². The number of aromatic nitrogens is 4. The maximum absolute atomic E-state index is 12.4. The zero-order chi connectivity index (χ0) is 19.0. The topological polar surface area (TPSA) is 81.1 Å². The minimum absolute atomic E-state index is 0.0777. The van der Waals surface area contributed by atoms with Crippen LogP contribution in [0.2, 0.25) is 4.34 Å². The van der Waals surface area contributed by atoms with E-state index in [-0.39, 0.29) is 18.5 Å². The standard InChI is InChI=1S/C17H18ClN5O2S2/c1-9-10(2)26-16-13(9)15(19-8-20-16)23-5-3-11(4-6-23)17(24)25-7-12-14(18)27-22-21-12/h8,11H,3-7H2,1-2H3. The second-order valence-electron chi connectivity index (χ2n) is 6.52. The lowest BCUT2D eigenvalue weighted by Crippen LogP contribution is -2.37. The van der Waals surface area contributed by atoms with Gasteiger partial charge in [-0.2, -0.15) is 0 Å². The molecule has 0 radical (unpaired) electrons. The number of halogens is 1. The highest BCUT2D eigenvalue weighted by atomic mass is 35.5. The number of nitrogens with zero attached hydrogens (tertiary/aromatic N) is 5. The van der Waals surface area contributed by atoms with Crippen LogP contribution in [0.4, 0.5) is 5.82 Å². The van der Waals surface area contributed by atoms with Crippen LogP contribution in [0.3, 0.4) is 0 Å². The first-order chi connectivity index (χ1) is 13.0. The van der Waals surface area contributed by atoms with Crippen LogP contribution in [0.25, 0.3) is 10.2 Å². The second kappa shape index (κ2) is 7.65. The van der Waals surface area contributed by atoms with Gasteiger partial charge < -0.3 is 9.64 Å². The SMILES string of the molecule is Cc1sc2ncnc(N3CCC(C(=O)OCc4nnsc4Cl)CC3)c2c1C. The molecule has 4 rings (SSSR count). The van der Waals surface area contributed by atoms with Crippen LogP contribution in [0, 0.1) is 19.8 Å². The van der Waals surface area contributed by atoms with Gasteiger partial charge in [0.05, 0.1) is 11.3 Å². The minimum Gasteiger partial charge on any atom is -0.459 e. The van der Waals surface area contributed by atoms with Crippen molar-refractivity contribution in [1.82, 2.24) is 19.6 Å². The number of fused-ring (bicyclic) bond motifs is 1. The van der Waals surface area contributed by atoms with Crippen LogP contribution < -0.4 is 4.90 Å². The quantitative estimate of drug-likeness (QED) is 0.590. The van der Waals surface area contributed by atoms with E-state index >= 15 is 0 Å². The van der Waals surface area contributed by atoms with Crippen molar-refractivity contribution in [2.24, 2.45) is 5.92 Å². The maximum Gasteiger partial charge on any atom is 0.309 e. The van der Waals surface area contributed by atoms with Crippen molar-refractivity contribution in [3.8, 4) is 0 Å². The fourth-order valence-corrected chi connectivity index (χ4v) is 4.86. The summed E-state index contributed by atoms with van der Waals surface area (Å²) in [6.07, 6.45) is 3.09. The van der Waals surface area contributed by atoms with Gasteiger partial charge in [0.25, 0.3) is 0 Å². The molecule has 0 aliphatic carbocycles. The van der Waals surface area contributed by atoms with E-state index in [0.717, 1.165) is 53.5 Å². The molecule has 1 aliphatic rings. The fourth-order valence-electron chi connectivity index (χ4n) is 3.27. The van der Waals surface area contributed by atoms with Gasteiger partial charge in [-0.1, -0.05) is 16.1 Å². The summed E-state index contributed by atoms with van der Waals surface area (Å²) in [6, 6.07) is 0. The van der Waals surface area contributed by atoms with E-state index < -0.39 is 0 Å². The van der Waals surface area contributed by atoms with Gasteiger partial charge in [-0.3, -0.25) is 4.79 Å². The Hall–Kier alpha value is -1.84. The Labute approximate surface area is 169 Å². The molecule has 0 saturated carbocycles. The average molecular weight is 424 g/mol. The third-order valence-corrected chi connectivity index (χ3v) is 7.03. The van der Waals surface area contributed by atoms with Crippen molar-refractivity contribution >= 4 is 56.5 Å². The molecule has 1 aliphatic heterocycles. The predicted octanol–water partition coefficient (Wildman–Crippen LogP) is 3.77. The summed E-state index contributed by atoms with van der Waals surface area (Å²) in [7, 11) is 0. The summed E-state index contributed by atoms with van der Waals surface area (Å²) in [5.74, 6) is 0.650. The largest absolute Gasteiger partial charge is 0.459 e. The van der Waals surface area contributed by atoms with Gasteiger partial charge in [0, 0.05) is 29.5 Å². The number of ether oxygens (including phenoxy) is 1. The van der Waals surface area contributed by atoms with Crippen molar-refractivity contribution in [2.75, 3.05) is 18.0 Å². The fraction of sp³-hybridized carbons (Fsp3) is 0.471. The van der Waals surface area contributed by atoms with Crippen molar-refractivity contribution in [1.29, 1.82) is 0 Å². The summed E-state index contributed by atoms with van der Waals surface area (Å²) >= 11 is 8.73. The van der Waals surface area contributed by atoms with Gasteiger partial charge in [0.1, 0.15) is 33.6 Å². The highest BCUT2D eigenvalue weighted by molar-refractivity contribution is 7.18. The molecule has 4 heterocycles. The number of aryl methyl sites for hydroxylation is 2. The summed E-state index contributed by atoms with van der Waals surface area (Å²) in [4.78, 5) is 25.8. The molecule has 0 amide bonds. The number of hydrogen-bond acceptors (Lipinski definition) is 9. The van der Waals surface area contributed by atoms with Gasteiger partial charge in [-0.25, -0.2) is 9.97 Å². The van der Waals surface area contributed by atoms with Gasteiger partial charge >= 0.3 is 5.97 Å². The Morgan fingerprint density at radius 2 is 2.11 bits per heavy atom. The van der Waals surface area contributed by atoms with E-state index in [0.29, 0.717) is 10.0 Å². The molecule has 27 heavy (non-hydrogen) atoms. The van der Waals surface area contributed by atoms with Crippen LogP contribution in [-0.2, 0) is 16.1 Å². The molecule has 0 N–H and O–H groups in total. The van der Waals surface area contributed by atoms with Gasteiger partial charge in [-0.15, -0.1) is 16.4 Å². The molecular weight excluding hydrogens is 406 g/mol. The molecule has 1 saturated heterocycles. The smallest absolute Gasteiger partial charge is 0.309 e. The molecule has 0 atom stereocenters. The van der Waals surface area contributed by atoms with Crippen LogP contribution in [-0.4, -0.2) is 38.6 Å². The van der Waals surface area contributed by atoms with Crippen molar-refractivity contribution < 1.29 is 9.53 Å². The molecule has 0 unspecified atom stereocenters. The Morgan fingerprint density at radius 1 is 1.33 bits per heavy atom. The molecule has 3 aromatic rings. The first-order valence-electron chi connectivity index (χ1n) is 8.63. The Morgan fingerprint density at radius 3 is 2.81 bits per heavy atom. The van der Waals surface area contributed by atoms with Gasteiger partial charge in [0.2, 0.25) is 0 Å². The van der Waals surface area contributed by atoms with Crippen LogP contribution in [0.15, 0.2) is 6.33 Å². The van der Waals surface area contributed by atoms with Crippen molar-refractivity contribution in [3.05, 3.63) is 26.8 Å². The van der Waals surface area contributed by atoms with E-state index in [1.807, 2.05) is 0 Å². The van der Waals surface area contributed by atoms with Crippen LogP contribution in [0.5, 0.6) is 0 Å².